The Hall–Kier alpha value is -3.27. The van der Waals surface area contributed by atoms with Crippen molar-refractivity contribution in [3.05, 3.63) is 52.3 Å². The zero-order valence-corrected chi connectivity index (χ0v) is 13.8. The number of nitro groups is 1. The van der Waals surface area contributed by atoms with E-state index >= 15 is 0 Å². The number of para-hydroxylation sites is 2. The largest absolute Gasteiger partial charge is 0.480 e. The van der Waals surface area contributed by atoms with Gasteiger partial charge in [-0.3, -0.25) is 14.9 Å². The van der Waals surface area contributed by atoms with Crippen LogP contribution in [0.1, 0.15) is 16.9 Å². The van der Waals surface area contributed by atoms with Gasteiger partial charge in [-0.25, -0.2) is 9.48 Å². The molecule has 136 valence electrons. The van der Waals surface area contributed by atoms with Crippen LogP contribution >= 0.6 is 0 Å². The molecular formula is C16H16N4O6. The average Bonchev–Trinajstić information content (AvgIpc) is 3.28. The third-order valence-electron chi connectivity index (χ3n) is 4.28. The molecule has 1 aromatic carbocycles. The van der Waals surface area contributed by atoms with Gasteiger partial charge in [0, 0.05) is 32.3 Å². The van der Waals surface area contributed by atoms with E-state index in [-0.39, 0.29) is 36.1 Å². The van der Waals surface area contributed by atoms with Crippen LogP contribution in [0.4, 0.5) is 5.69 Å². The molecule has 10 heteroatoms. The summed E-state index contributed by atoms with van der Waals surface area (Å²) >= 11 is 0. The second-order valence-electron chi connectivity index (χ2n) is 5.80. The van der Waals surface area contributed by atoms with E-state index in [4.69, 9.17) is 4.74 Å². The number of likely N-dealkylation sites (tertiary alicyclic amines) is 1. The van der Waals surface area contributed by atoms with Crippen molar-refractivity contribution in [2.45, 2.75) is 18.6 Å². The number of methoxy groups -OCH3 is 1. The Balaban J connectivity index is 1.89. The lowest BCUT2D eigenvalue weighted by atomic mass is 10.2. The Morgan fingerprint density at radius 3 is 2.73 bits per heavy atom. The number of aromatic nitrogens is 2. The van der Waals surface area contributed by atoms with Gasteiger partial charge in [0.2, 0.25) is 0 Å². The number of hydrogen-bond acceptors (Lipinski definition) is 6. The molecule has 10 nitrogen and oxygen atoms in total. The van der Waals surface area contributed by atoms with E-state index in [0.717, 1.165) is 0 Å². The first kappa shape index (κ1) is 17.5. The van der Waals surface area contributed by atoms with Crippen LogP contribution in [0.15, 0.2) is 36.5 Å². The van der Waals surface area contributed by atoms with Crippen LogP contribution < -0.4 is 0 Å². The van der Waals surface area contributed by atoms with Gasteiger partial charge >= 0.3 is 5.97 Å². The second kappa shape index (κ2) is 6.92. The van der Waals surface area contributed by atoms with Crippen molar-refractivity contribution in [3.8, 4) is 5.69 Å². The number of amides is 1. The summed E-state index contributed by atoms with van der Waals surface area (Å²) in [5, 5.41) is 24.6. The summed E-state index contributed by atoms with van der Waals surface area (Å²) in [7, 11) is 1.46. The molecule has 2 aromatic rings. The van der Waals surface area contributed by atoms with Crippen LogP contribution in [0, 0.1) is 10.1 Å². The number of rotatable bonds is 5. The molecule has 0 aliphatic carbocycles. The summed E-state index contributed by atoms with van der Waals surface area (Å²) in [6, 6.07) is 6.40. The standard InChI is InChI=1S/C16H16N4O6/c1-26-10-8-14(16(22)23)18(9-10)15(21)11-6-7-19(17-11)12-4-2-3-5-13(12)20(24)25/h2-7,10,14H,8-9H2,1H3,(H,22,23). The highest BCUT2D eigenvalue weighted by Crippen LogP contribution is 2.24. The molecule has 1 saturated heterocycles. The first-order valence-corrected chi connectivity index (χ1v) is 7.78. The Kier molecular flexibility index (Phi) is 4.67. The third kappa shape index (κ3) is 3.14. The Labute approximate surface area is 147 Å². The molecule has 0 bridgehead atoms. The number of carbonyl (C=O) groups excluding carboxylic acids is 1. The fourth-order valence-corrected chi connectivity index (χ4v) is 2.96. The van der Waals surface area contributed by atoms with E-state index < -0.39 is 22.8 Å². The highest BCUT2D eigenvalue weighted by Gasteiger charge is 2.40. The van der Waals surface area contributed by atoms with Gasteiger partial charge in [-0.2, -0.15) is 5.10 Å². The van der Waals surface area contributed by atoms with E-state index in [1.165, 1.54) is 47.2 Å². The molecule has 26 heavy (non-hydrogen) atoms. The molecular weight excluding hydrogens is 344 g/mol. The molecule has 0 saturated carbocycles. The van der Waals surface area contributed by atoms with Crippen molar-refractivity contribution in [1.82, 2.24) is 14.7 Å². The maximum absolute atomic E-state index is 12.7. The minimum absolute atomic E-state index is 0.00570. The molecule has 0 radical (unpaired) electrons. The van der Waals surface area contributed by atoms with E-state index in [0.29, 0.717) is 0 Å². The normalized spacial score (nSPS) is 19.5. The molecule has 1 fully saturated rings. The predicted octanol–water partition coefficient (Wildman–Crippen LogP) is 1.09. The van der Waals surface area contributed by atoms with Gasteiger partial charge in [0.25, 0.3) is 11.6 Å². The first-order valence-electron chi connectivity index (χ1n) is 7.78. The smallest absolute Gasteiger partial charge is 0.326 e. The van der Waals surface area contributed by atoms with Crippen LogP contribution in [0.25, 0.3) is 5.69 Å². The molecule has 2 heterocycles. The molecule has 1 N–H and O–H groups in total. The third-order valence-corrected chi connectivity index (χ3v) is 4.28. The fourth-order valence-electron chi connectivity index (χ4n) is 2.96. The Bertz CT molecular complexity index is 864. The molecule has 1 aliphatic rings. The highest BCUT2D eigenvalue weighted by atomic mass is 16.6. The Morgan fingerprint density at radius 1 is 1.35 bits per heavy atom. The Morgan fingerprint density at radius 2 is 2.08 bits per heavy atom. The predicted molar refractivity (Wildman–Crippen MR) is 88.1 cm³/mol. The maximum atomic E-state index is 12.7. The van der Waals surface area contributed by atoms with E-state index in [2.05, 4.69) is 5.10 Å². The van der Waals surface area contributed by atoms with Gasteiger partial charge in [0.1, 0.15) is 11.7 Å². The highest BCUT2D eigenvalue weighted by molar-refractivity contribution is 5.95. The number of ether oxygens (including phenoxy) is 1. The van der Waals surface area contributed by atoms with Gasteiger partial charge in [-0.15, -0.1) is 0 Å². The summed E-state index contributed by atoms with van der Waals surface area (Å²) in [6.07, 6.45) is 1.26. The molecule has 2 unspecified atom stereocenters. The van der Waals surface area contributed by atoms with E-state index in [1.54, 1.807) is 6.07 Å². The average molecular weight is 360 g/mol. The van der Waals surface area contributed by atoms with Gasteiger partial charge < -0.3 is 14.7 Å². The number of carboxylic acid groups (broad SMARTS) is 1. The number of nitrogens with zero attached hydrogens (tertiary/aromatic N) is 4. The van der Waals surface area contributed by atoms with Gasteiger partial charge in [0.05, 0.1) is 11.0 Å². The van der Waals surface area contributed by atoms with Gasteiger partial charge in [0.15, 0.2) is 5.69 Å². The van der Waals surface area contributed by atoms with Crippen molar-refractivity contribution in [2.75, 3.05) is 13.7 Å². The molecule has 2 atom stereocenters. The lowest BCUT2D eigenvalue weighted by molar-refractivity contribution is -0.384. The number of aliphatic carboxylic acids is 1. The van der Waals surface area contributed by atoms with Crippen molar-refractivity contribution >= 4 is 17.6 Å². The number of nitro benzene ring substituents is 1. The molecule has 1 amide bonds. The lowest BCUT2D eigenvalue weighted by Gasteiger charge is -2.19. The van der Waals surface area contributed by atoms with Crippen LogP contribution in [0.3, 0.4) is 0 Å². The van der Waals surface area contributed by atoms with Crippen molar-refractivity contribution in [2.24, 2.45) is 0 Å². The molecule has 0 spiro atoms. The number of carboxylic acids is 1. The quantitative estimate of drug-likeness (QED) is 0.624. The SMILES string of the molecule is COC1CC(C(=O)O)N(C(=O)c2ccn(-c3ccccc3[N+](=O)[O-])n2)C1. The number of benzene rings is 1. The zero-order chi connectivity index (χ0) is 18.8. The zero-order valence-electron chi connectivity index (χ0n) is 13.8. The van der Waals surface area contributed by atoms with Crippen molar-refractivity contribution in [1.29, 1.82) is 0 Å². The number of carbonyl (C=O) groups is 2. The summed E-state index contributed by atoms with van der Waals surface area (Å²) in [6.45, 7) is 0.143. The van der Waals surface area contributed by atoms with Crippen LogP contribution in [0.2, 0.25) is 0 Å². The first-order chi connectivity index (χ1) is 12.4. The van der Waals surface area contributed by atoms with E-state index in [1.807, 2.05) is 0 Å². The monoisotopic (exact) mass is 360 g/mol. The van der Waals surface area contributed by atoms with Crippen LogP contribution in [0.5, 0.6) is 0 Å². The van der Waals surface area contributed by atoms with Crippen LogP contribution in [-0.2, 0) is 9.53 Å². The second-order valence-corrected chi connectivity index (χ2v) is 5.80. The minimum atomic E-state index is -1.11. The van der Waals surface area contributed by atoms with Crippen molar-refractivity contribution < 1.29 is 24.4 Å². The van der Waals surface area contributed by atoms with Gasteiger partial charge in [-0.05, 0) is 12.1 Å². The lowest BCUT2D eigenvalue weighted by Crippen LogP contribution is -2.40. The van der Waals surface area contributed by atoms with Crippen LogP contribution in [-0.4, -0.2) is 62.4 Å². The summed E-state index contributed by atoms with van der Waals surface area (Å²) < 4.78 is 6.39. The maximum Gasteiger partial charge on any atom is 0.326 e. The van der Waals surface area contributed by atoms with E-state index in [9.17, 15) is 24.8 Å². The molecule has 3 rings (SSSR count). The molecule has 1 aromatic heterocycles. The topological polar surface area (TPSA) is 128 Å². The summed E-state index contributed by atoms with van der Waals surface area (Å²) in [4.78, 5) is 35.9. The van der Waals surface area contributed by atoms with Gasteiger partial charge in [-0.1, -0.05) is 12.1 Å². The summed E-state index contributed by atoms with van der Waals surface area (Å²) in [5.74, 6) is -1.68. The number of hydrogen-bond donors (Lipinski definition) is 1. The summed E-state index contributed by atoms with van der Waals surface area (Å²) in [5.41, 5.74) is 0.0623. The fraction of sp³-hybridized carbons (Fsp3) is 0.312. The van der Waals surface area contributed by atoms with Crippen molar-refractivity contribution in [3.63, 3.8) is 0 Å². The minimum Gasteiger partial charge on any atom is -0.480 e. The molecule has 1 aliphatic heterocycles.